The molecule has 3 N–H and O–H groups in total. The number of hydrogen-bond acceptors (Lipinski definition) is 5. The Labute approximate surface area is 162 Å². The van der Waals surface area contributed by atoms with Crippen LogP contribution in [-0.4, -0.2) is 32.6 Å². The second kappa shape index (κ2) is 9.32. The van der Waals surface area contributed by atoms with Crippen LogP contribution in [0.15, 0.2) is 77.7 Å². The summed E-state index contributed by atoms with van der Waals surface area (Å²) in [7, 11) is 0. The minimum Gasteiger partial charge on any atom is -0.483 e. The van der Waals surface area contributed by atoms with Crippen molar-refractivity contribution in [3.63, 3.8) is 0 Å². The molecule has 0 fully saturated rings. The average Bonchev–Trinajstić information content (AvgIpc) is 2.74. The highest BCUT2D eigenvalue weighted by Crippen LogP contribution is 2.28. The zero-order valence-electron chi connectivity index (χ0n) is 15.3. The van der Waals surface area contributed by atoms with Gasteiger partial charge in [0.15, 0.2) is 5.75 Å². The molecular formula is C22H23NO5. The van der Waals surface area contributed by atoms with Gasteiger partial charge in [0.1, 0.15) is 12.7 Å². The largest absolute Gasteiger partial charge is 0.483 e. The topological polar surface area (TPSA) is 91.9 Å². The third-order valence-electron chi connectivity index (χ3n) is 4.39. The molecule has 0 bridgehead atoms. The van der Waals surface area contributed by atoms with E-state index in [9.17, 15) is 20.1 Å². The number of benzene rings is 2. The second-order valence-corrected chi connectivity index (χ2v) is 6.47. The van der Waals surface area contributed by atoms with Crippen LogP contribution in [0.4, 0.5) is 0 Å². The summed E-state index contributed by atoms with van der Waals surface area (Å²) in [6.07, 6.45) is -0.684. The molecule has 3 aromatic rings. The van der Waals surface area contributed by atoms with Gasteiger partial charge in [-0.15, -0.1) is 0 Å². The fourth-order valence-electron chi connectivity index (χ4n) is 2.96. The van der Waals surface area contributed by atoms with Crippen molar-refractivity contribution >= 4 is 0 Å². The van der Waals surface area contributed by atoms with Crippen LogP contribution < -0.4 is 10.2 Å². The average molecular weight is 381 g/mol. The molecule has 0 aliphatic heterocycles. The summed E-state index contributed by atoms with van der Waals surface area (Å²) in [4.78, 5) is 12.5. The summed E-state index contributed by atoms with van der Waals surface area (Å²) >= 11 is 0. The van der Waals surface area contributed by atoms with Crippen molar-refractivity contribution in [3.8, 4) is 5.75 Å². The number of pyridine rings is 1. The Morgan fingerprint density at radius 1 is 0.929 bits per heavy atom. The molecule has 0 saturated heterocycles. The number of ether oxygens (including phenoxy) is 1. The molecule has 3 rings (SSSR count). The van der Waals surface area contributed by atoms with E-state index in [-0.39, 0.29) is 30.0 Å². The normalized spacial score (nSPS) is 13.1. The number of rotatable bonds is 8. The van der Waals surface area contributed by atoms with Crippen LogP contribution in [0.3, 0.4) is 0 Å². The quantitative estimate of drug-likeness (QED) is 0.554. The van der Waals surface area contributed by atoms with Gasteiger partial charge in [0.05, 0.1) is 24.9 Å². The molecule has 0 amide bonds. The highest BCUT2D eigenvalue weighted by molar-refractivity contribution is 5.36. The predicted octanol–water partition coefficient (Wildman–Crippen LogP) is 1.86. The summed E-state index contributed by atoms with van der Waals surface area (Å²) < 4.78 is 7.36. The number of hydrogen-bond donors (Lipinski definition) is 3. The second-order valence-electron chi connectivity index (χ2n) is 6.47. The Bertz CT molecular complexity index is 940. The zero-order valence-corrected chi connectivity index (χ0v) is 15.3. The lowest BCUT2D eigenvalue weighted by atomic mass is 10.0. The first-order chi connectivity index (χ1) is 13.6. The van der Waals surface area contributed by atoms with Crippen LogP contribution in [0.2, 0.25) is 0 Å². The van der Waals surface area contributed by atoms with Gasteiger partial charge in [0.25, 0.3) is 0 Å². The van der Waals surface area contributed by atoms with Gasteiger partial charge in [-0.3, -0.25) is 4.79 Å². The molecule has 2 unspecified atom stereocenters. The summed E-state index contributed by atoms with van der Waals surface area (Å²) in [5.74, 6) is 0.0212. The van der Waals surface area contributed by atoms with Crippen LogP contribution >= 0.6 is 0 Å². The molecule has 6 heteroatoms. The van der Waals surface area contributed by atoms with Crippen molar-refractivity contribution in [1.29, 1.82) is 0 Å². The number of aromatic nitrogens is 1. The summed E-state index contributed by atoms with van der Waals surface area (Å²) in [6.45, 7) is -0.262. The molecule has 2 aromatic carbocycles. The molecule has 146 valence electrons. The monoisotopic (exact) mass is 381 g/mol. The maximum atomic E-state index is 12.5. The fraction of sp³-hybridized carbons (Fsp3) is 0.227. The molecule has 0 radical (unpaired) electrons. The molecule has 0 aliphatic rings. The van der Waals surface area contributed by atoms with E-state index in [1.165, 1.54) is 12.3 Å². The highest BCUT2D eigenvalue weighted by Gasteiger charge is 2.23. The van der Waals surface area contributed by atoms with Gasteiger partial charge < -0.3 is 24.6 Å². The number of nitrogens with zero attached hydrogens (tertiary/aromatic N) is 1. The SMILES string of the molecule is O=c1ccn(CC(O)CO)c(C(O)c2ccccc2)c1OCc1ccccc1. The highest BCUT2D eigenvalue weighted by atomic mass is 16.5. The molecule has 1 heterocycles. The Hall–Kier alpha value is -2.93. The summed E-state index contributed by atoms with van der Waals surface area (Å²) in [5.41, 5.74) is 1.34. The third kappa shape index (κ3) is 4.67. The van der Waals surface area contributed by atoms with E-state index in [0.29, 0.717) is 5.56 Å². The Kier molecular flexibility index (Phi) is 6.60. The van der Waals surface area contributed by atoms with E-state index in [0.717, 1.165) is 5.56 Å². The lowest BCUT2D eigenvalue weighted by Gasteiger charge is -2.23. The molecule has 0 saturated carbocycles. The first kappa shape index (κ1) is 19.8. The Balaban J connectivity index is 2.03. The van der Waals surface area contributed by atoms with Gasteiger partial charge in [-0.25, -0.2) is 0 Å². The molecular weight excluding hydrogens is 358 g/mol. The standard InChI is InChI=1S/C22H23NO5/c24-14-18(25)13-23-12-11-19(26)22(28-15-16-7-3-1-4-8-16)20(23)21(27)17-9-5-2-6-10-17/h1-12,18,21,24-25,27H,13-15H2. The molecule has 0 aliphatic carbocycles. The van der Waals surface area contributed by atoms with Gasteiger partial charge in [-0.2, -0.15) is 0 Å². The van der Waals surface area contributed by atoms with Crippen molar-refractivity contribution in [2.75, 3.05) is 6.61 Å². The van der Waals surface area contributed by atoms with E-state index in [4.69, 9.17) is 4.74 Å². The van der Waals surface area contributed by atoms with Gasteiger partial charge in [0.2, 0.25) is 5.43 Å². The van der Waals surface area contributed by atoms with Gasteiger partial charge in [0, 0.05) is 12.3 Å². The van der Waals surface area contributed by atoms with Crippen LogP contribution in [-0.2, 0) is 13.2 Å². The predicted molar refractivity (Wildman–Crippen MR) is 105 cm³/mol. The fourth-order valence-corrected chi connectivity index (χ4v) is 2.96. The third-order valence-corrected chi connectivity index (χ3v) is 4.39. The van der Waals surface area contributed by atoms with Crippen molar-refractivity contribution < 1.29 is 20.1 Å². The number of aliphatic hydroxyl groups is 3. The maximum Gasteiger partial charge on any atom is 0.223 e. The van der Waals surface area contributed by atoms with E-state index in [2.05, 4.69) is 0 Å². The molecule has 6 nitrogen and oxygen atoms in total. The van der Waals surface area contributed by atoms with E-state index in [1.807, 2.05) is 36.4 Å². The Morgan fingerprint density at radius 3 is 2.21 bits per heavy atom. The van der Waals surface area contributed by atoms with E-state index in [1.54, 1.807) is 28.8 Å². The smallest absolute Gasteiger partial charge is 0.223 e. The van der Waals surface area contributed by atoms with Gasteiger partial charge >= 0.3 is 0 Å². The van der Waals surface area contributed by atoms with Crippen LogP contribution in [0.1, 0.15) is 22.9 Å². The summed E-state index contributed by atoms with van der Waals surface area (Å²) in [5, 5.41) is 30.1. The minimum absolute atomic E-state index is 0.0116. The molecule has 28 heavy (non-hydrogen) atoms. The number of aliphatic hydroxyl groups excluding tert-OH is 3. The first-order valence-electron chi connectivity index (χ1n) is 9.02. The van der Waals surface area contributed by atoms with Crippen LogP contribution in [0.5, 0.6) is 5.75 Å². The van der Waals surface area contributed by atoms with Crippen LogP contribution in [0.25, 0.3) is 0 Å². The lowest BCUT2D eigenvalue weighted by molar-refractivity contribution is 0.0777. The van der Waals surface area contributed by atoms with Crippen molar-refractivity contribution in [3.05, 3.63) is 100.0 Å². The van der Waals surface area contributed by atoms with Crippen molar-refractivity contribution in [1.82, 2.24) is 4.57 Å². The van der Waals surface area contributed by atoms with Crippen molar-refractivity contribution in [2.45, 2.75) is 25.4 Å². The maximum absolute atomic E-state index is 12.5. The van der Waals surface area contributed by atoms with Crippen molar-refractivity contribution in [2.24, 2.45) is 0 Å². The molecule has 1 aromatic heterocycles. The molecule has 2 atom stereocenters. The minimum atomic E-state index is -1.13. The van der Waals surface area contributed by atoms with Crippen LogP contribution in [0, 0.1) is 0 Å². The summed E-state index contributed by atoms with van der Waals surface area (Å²) in [6, 6.07) is 19.6. The van der Waals surface area contributed by atoms with Gasteiger partial charge in [-0.05, 0) is 11.1 Å². The first-order valence-corrected chi connectivity index (χ1v) is 9.02. The zero-order chi connectivity index (χ0) is 19.9. The Morgan fingerprint density at radius 2 is 1.57 bits per heavy atom. The van der Waals surface area contributed by atoms with Gasteiger partial charge in [-0.1, -0.05) is 60.7 Å². The van der Waals surface area contributed by atoms with E-state index >= 15 is 0 Å². The molecule has 0 spiro atoms. The van der Waals surface area contributed by atoms with E-state index < -0.39 is 18.8 Å². The lowest BCUT2D eigenvalue weighted by Crippen LogP contribution is -2.26.